The summed E-state index contributed by atoms with van der Waals surface area (Å²) in [5, 5.41) is 8.67. The zero-order valence-electron chi connectivity index (χ0n) is 8.69. The molecule has 1 atom stereocenters. The number of hydrogen-bond donors (Lipinski definition) is 0. The minimum Gasteiger partial charge on any atom is -0.337 e. The third-order valence-corrected chi connectivity index (χ3v) is 3.54. The molecule has 0 N–H and O–H groups in total. The molecular formula is C12H11BrN2O. The number of nitrogens with zero attached hydrogens (tertiary/aromatic N) is 2. The highest BCUT2D eigenvalue weighted by molar-refractivity contribution is 9.10. The number of rotatable bonds is 2. The van der Waals surface area contributed by atoms with Gasteiger partial charge >= 0.3 is 0 Å². The van der Waals surface area contributed by atoms with Crippen LogP contribution in [0.15, 0.2) is 24.3 Å². The number of benzene rings is 1. The summed E-state index contributed by atoms with van der Waals surface area (Å²) in [5.41, 5.74) is 1.71. The molecule has 1 heterocycles. The predicted octanol–water partition coefficient (Wildman–Crippen LogP) is 2.05. The molecule has 0 bridgehead atoms. The van der Waals surface area contributed by atoms with Crippen LogP contribution in [0.2, 0.25) is 0 Å². The first kappa shape index (κ1) is 11.2. The molecule has 1 aromatic rings. The Balaban J connectivity index is 2.05. The molecule has 0 spiro atoms. The van der Waals surface area contributed by atoms with Gasteiger partial charge in [0.2, 0.25) is 5.91 Å². The number of likely N-dealkylation sites (tertiary alicyclic amines) is 1. The summed E-state index contributed by atoms with van der Waals surface area (Å²) in [4.78, 5) is 13.5. The second-order valence-corrected chi connectivity index (χ2v) is 4.93. The third-order valence-electron chi connectivity index (χ3n) is 2.69. The van der Waals surface area contributed by atoms with Gasteiger partial charge in [-0.25, -0.2) is 0 Å². The summed E-state index contributed by atoms with van der Waals surface area (Å²) in [7, 11) is 0. The number of alkyl halides is 1. The SMILES string of the molecule is N#Cc1ccc(CN2CCC(Br)C2=O)cc1. The maximum Gasteiger partial charge on any atom is 0.236 e. The minimum atomic E-state index is -0.0223. The Bertz CT molecular complexity index is 435. The van der Waals surface area contributed by atoms with E-state index in [9.17, 15) is 4.79 Å². The van der Waals surface area contributed by atoms with Gasteiger partial charge in [-0.2, -0.15) is 5.26 Å². The molecule has 0 aliphatic carbocycles. The van der Waals surface area contributed by atoms with E-state index in [0.717, 1.165) is 18.5 Å². The predicted molar refractivity (Wildman–Crippen MR) is 63.9 cm³/mol. The van der Waals surface area contributed by atoms with Gasteiger partial charge in [0.15, 0.2) is 0 Å². The van der Waals surface area contributed by atoms with Crippen molar-refractivity contribution in [1.29, 1.82) is 5.26 Å². The van der Waals surface area contributed by atoms with E-state index in [2.05, 4.69) is 22.0 Å². The maximum atomic E-state index is 11.7. The molecule has 1 aliphatic rings. The Hall–Kier alpha value is -1.34. The van der Waals surface area contributed by atoms with Gasteiger partial charge in [0.1, 0.15) is 0 Å². The van der Waals surface area contributed by atoms with Gasteiger partial charge in [0.05, 0.1) is 16.5 Å². The van der Waals surface area contributed by atoms with Crippen LogP contribution in [0, 0.1) is 11.3 Å². The largest absolute Gasteiger partial charge is 0.337 e. The smallest absolute Gasteiger partial charge is 0.236 e. The lowest BCUT2D eigenvalue weighted by atomic mass is 10.1. The fraction of sp³-hybridized carbons (Fsp3) is 0.333. The molecule has 0 radical (unpaired) electrons. The lowest BCUT2D eigenvalue weighted by Gasteiger charge is -2.15. The molecule has 1 aliphatic heterocycles. The van der Waals surface area contributed by atoms with Crippen molar-refractivity contribution >= 4 is 21.8 Å². The van der Waals surface area contributed by atoms with Crippen molar-refractivity contribution in [3.8, 4) is 6.07 Å². The first-order chi connectivity index (χ1) is 7.70. The van der Waals surface area contributed by atoms with Crippen LogP contribution in [0.1, 0.15) is 17.5 Å². The van der Waals surface area contributed by atoms with E-state index >= 15 is 0 Å². The van der Waals surface area contributed by atoms with Crippen LogP contribution in [-0.2, 0) is 11.3 Å². The van der Waals surface area contributed by atoms with Crippen molar-refractivity contribution in [3.63, 3.8) is 0 Å². The highest BCUT2D eigenvalue weighted by atomic mass is 79.9. The first-order valence-corrected chi connectivity index (χ1v) is 6.04. The molecule has 4 heteroatoms. The Kier molecular flexibility index (Phi) is 3.25. The number of carbonyl (C=O) groups excluding carboxylic acids is 1. The van der Waals surface area contributed by atoms with Crippen molar-refractivity contribution in [2.75, 3.05) is 6.54 Å². The van der Waals surface area contributed by atoms with Crippen LogP contribution >= 0.6 is 15.9 Å². The summed E-state index contributed by atoms with van der Waals surface area (Å²) in [6.07, 6.45) is 0.870. The van der Waals surface area contributed by atoms with E-state index in [1.54, 1.807) is 12.1 Å². The topological polar surface area (TPSA) is 44.1 Å². The van der Waals surface area contributed by atoms with Crippen LogP contribution in [0.3, 0.4) is 0 Å². The zero-order valence-corrected chi connectivity index (χ0v) is 10.3. The van der Waals surface area contributed by atoms with E-state index in [-0.39, 0.29) is 10.7 Å². The summed E-state index contributed by atoms with van der Waals surface area (Å²) in [6, 6.07) is 9.43. The van der Waals surface area contributed by atoms with Crippen LogP contribution in [-0.4, -0.2) is 22.2 Å². The van der Waals surface area contributed by atoms with Crippen molar-refractivity contribution in [2.45, 2.75) is 17.8 Å². The molecule has 3 nitrogen and oxygen atoms in total. The average molecular weight is 279 g/mol. The van der Waals surface area contributed by atoms with Gasteiger partial charge in [-0.3, -0.25) is 4.79 Å². The standard InChI is InChI=1S/C12H11BrN2O/c13-11-5-6-15(12(11)16)8-10-3-1-9(7-14)2-4-10/h1-4,11H,5-6,8H2. The van der Waals surface area contributed by atoms with Crippen LogP contribution in [0.5, 0.6) is 0 Å². The van der Waals surface area contributed by atoms with E-state index in [0.29, 0.717) is 12.1 Å². The lowest BCUT2D eigenvalue weighted by molar-refractivity contribution is -0.127. The molecule has 0 aromatic heterocycles. The van der Waals surface area contributed by atoms with E-state index in [4.69, 9.17) is 5.26 Å². The quantitative estimate of drug-likeness (QED) is 0.778. The molecule has 1 fully saturated rings. The molecule has 1 amide bonds. The molecule has 2 rings (SSSR count). The van der Waals surface area contributed by atoms with E-state index in [1.165, 1.54) is 0 Å². The van der Waals surface area contributed by atoms with Crippen LogP contribution in [0.4, 0.5) is 0 Å². The molecule has 1 unspecified atom stereocenters. The Morgan fingerprint density at radius 3 is 2.62 bits per heavy atom. The van der Waals surface area contributed by atoms with Gasteiger partial charge < -0.3 is 4.90 Å². The second kappa shape index (κ2) is 4.67. The highest BCUT2D eigenvalue weighted by Gasteiger charge is 2.28. The van der Waals surface area contributed by atoms with Gasteiger partial charge in [-0.1, -0.05) is 28.1 Å². The molecule has 82 valence electrons. The molecular weight excluding hydrogens is 268 g/mol. The normalized spacial score (nSPS) is 19.9. The van der Waals surface area contributed by atoms with Gasteiger partial charge in [0.25, 0.3) is 0 Å². The fourth-order valence-corrected chi connectivity index (χ4v) is 2.26. The number of carbonyl (C=O) groups is 1. The van der Waals surface area contributed by atoms with Crippen molar-refractivity contribution in [3.05, 3.63) is 35.4 Å². The molecule has 16 heavy (non-hydrogen) atoms. The number of halogens is 1. The summed E-state index contributed by atoms with van der Waals surface area (Å²) < 4.78 is 0. The van der Waals surface area contributed by atoms with E-state index < -0.39 is 0 Å². The average Bonchev–Trinajstić information content (AvgIpc) is 2.62. The molecule has 0 saturated carbocycles. The van der Waals surface area contributed by atoms with Crippen LogP contribution < -0.4 is 0 Å². The highest BCUT2D eigenvalue weighted by Crippen LogP contribution is 2.20. The Morgan fingerprint density at radius 1 is 1.44 bits per heavy atom. The van der Waals surface area contributed by atoms with Gasteiger partial charge in [0, 0.05) is 13.1 Å². The minimum absolute atomic E-state index is 0.0223. The Labute approximate surface area is 103 Å². The summed E-state index contributed by atoms with van der Waals surface area (Å²) in [6.45, 7) is 1.43. The maximum absolute atomic E-state index is 11.7. The fourth-order valence-electron chi connectivity index (χ4n) is 1.76. The molecule has 1 saturated heterocycles. The summed E-state index contributed by atoms with van der Waals surface area (Å²) >= 11 is 3.35. The number of hydrogen-bond acceptors (Lipinski definition) is 2. The van der Waals surface area contributed by atoms with Crippen molar-refractivity contribution in [2.24, 2.45) is 0 Å². The first-order valence-electron chi connectivity index (χ1n) is 5.12. The van der Waals surface area contributed by atoms with Gasteiger partial charge in [-0.15, -0.1) is 0 Å². The number of amides is 1. The molecule has 1 aromatic carbocycles. The van der Waals surface area contributed by atoms with E-state index in [1.807, 2.05) is 17.0 Å². The van der Waals surface area contributed by atoms with Crippen molar-refractivity contribution in [1.82, 2.24) is 4.90 Å². The van der Waals surface area contributed by atoms with Gasteiger partial charge in [-0.05, 0) is 24.1 Å². The van der Waals surface area contributed by atoms with Crippen LogP contribution in [0.25, 0.3) is 0 Å². The zero-order chi connectivity index (χ0) is 11.5. The lowest BCUT2D eigenvalue weighted by Crippen LogP contribution is -2.26. The number of nitriles is 1. The third kappa shape index (κ3) is 2.25. The Morgan fingerprint density at radius 2 is 2.12 bits per heavy atom. The van der Waals surface area contributed by atoms with Crippen molar-refractivity contribution < 1.29 is 4.79 Å². The summed E-state index contributed by atoms with van der Waals surface area (Å²) in [5.74, 6) is 0.157. The second-order valence-electron chi connectivity index (χ2n) is 3.82. The monoisotopic (exact) mass is 278 g/mol.